The Balaban J connectivity index is 1.98. The van der Waals surface area contributed by atoms with Crippen LogP contribution in [0.2, 0.25) is 0 Å². The summed E-state index contributed by atoms with van der Waals surface area (Å²) in [6.07, 6.45) is 0. The number of hydrogen-bond acceptors (Lipinski definition) is 4. The first-order chi connectivity index (χ1) is 9.26. The molecular weight excluding hydrogens is 324 g/mol. The van der Waals surface area contributed by atoms with Gasteiger partial charge in [-0.1, -0.05) is 34.1 Å². The van der Waals surface area contributed by atoms with E-state index in [9.17, 15) is 0 Å². The van der Waals surface area contributed by atoms with E-state index in [0.29, 0.717) is 11.8 Å². The molecule has 19 heavy (non-hydrogen) atoms. The maximum Gasteiger partial charge on any atom is 0.261 e. The van der Waals surface area contributed by atoms with Crippen molar-refractivity contribution in [3.63, 3.8) is 0 Å². The Morgan fingerprint density at radius 3 is 2.84 bits per heavy atom. The molecule has 0 fully saturated rings. The van der Waals surface area contributed by atoms with E-state index in [4.69, 9.17) is 10.2 Å². The van der Waals surface area contributed by atoms with Crippen LogP contribution in [0.1, 0.15) is 5.56 Å². The molecule has 0 spiro atoms. The van der Waals surface area contributed by atoms with Gasteiger partial charge in [-0.15, -0.1) is 0 Å². The summed E-state index contributed by atoms with van der Waals surface area (Å²) in [5, 5.41) is 0.633. The molecule has 2 N–H and O–H groups in total. The van der Waals surface area contributed by atoms with Gasteiger partial charge in [0.25, 0.3) is 5.22 Å². The zero-order chi connectivity index (χ0) is 13.2. The molecule has 0 aliphatic carbocycles. The van der Waals surface area contributed by atoms with Crippen LogP contribution in [0.5, 0.6) is 0 Å². The van der Waals surface area contributed by atoms with Crippen LogP contribution in [0.4, 0.5) is 0 Å². The molecule has 0 radical (unpaired) electrons. The van der Waals surface area contributed by atoms with Gasteiger partial charge < -0.3 is 10.2 Å². The summed E-state index contributed by atoms with van der Waals surface area (Å²) in [5.41, 5.74) is 8.50. The average Bonchev–Trinajstić information content (AvgIpc) is 2.81. The molecule has 0 atom stereocenters. The molecule has 0 amide bonds. The van der Waals surface area contributed by atoms with Crippen molar-refractivity contribution < 1.29 is 4.42 Å². The molecule has 0 saturated carbocycles. The first kappa shape index (κ1) is 12.7. The minimum atomic E-state index is 0.496. The standard InChI is InChI=1S/C14H11BrN2OS/c15-10-6-5-9(8-16)13(7-10)19-14-17-11-3-1-2-4-12(11)18-14/h1-7H,8,16H2. The van der Waals surface area contributed by atoms with Crippen molar-refractivity contribution in [2.75, 3.05) is 0 Å². The Hall–Kier alpha value is -1.30. The Morgan fingerprint density at radius 2 is 2.05 bits per heavy atom. The van der Waals surface area contributed by atoms with Crippen LogP contribution < -0.4 is 5.73 Å². The summed E-state index contributed by atoms with van der Waals surface area (Å²) in [6, 6.07) is 13.8. The molecule has 1 aromatic heterocycles. The second-order valence-corrected chi connectivity index (χ2v) is 5.91. The molecule has 3 aromatic rings. The van der Waals surface area contributed by atoms with Gasteiger partial charge in [0.1, 0.15) is 5.52 Å². The smallest absolute Gasteiger partial charge is 0.261 e. The van der Waals surface area contributed by atoms with Gasteiger partial charge in [0.2, 0.25) is 0 Å². The number of oxazole rings is 1. The number of halogens is 1. The number of hydrogen-bond donors (Lipinski definition) is 1. The molecule has 3 rings (SSSR count). The predicted molar refractivity (Wildman–Crippen MR) is 80.2 cm³/mol. The van der Waals surface area contributed by atoms with Crippen molar-refractivity contribution in [3.05, 3.63) is 52.5 Å². The first-order valence-corrected chi connectivity index (χ1v) is 7.39. The molecule has 0 aliphatic heterocycles. The third-order valence-electron chi connectivity index (χ3n) is 2.72. The van der Waals surface area contributed by atoms with E-state index in [1.165, 1.54) is 11.8 Å². The van der Waals surface area contributed by atoms with Gasteiger partial charge in [-0.3, -0.25) is 0 Å². The quantitative estimate of drug-likeness (QED) is 0.779. The summed E-state index contributed by atoms with van der Waals surface area (Å²) in [6.45, 7) is 0.496. The van der Waals surface area contributed by atoms with Gasteiger partial charge >= 0.3 is 0 Å². The number of nitrogens with zero attached hydrogens (tertiary/aromatic N) is 1. The molecule has 2 aromatic carbocycles. The van der Waals surface area contributed by atoms with Gasteiger partial charge in [-0.05, 0) is 41.6 Å². The van der Waals surface area contributed by atoms with Crippen molar-refractivity contribution in [3.8, 4) is 0 Å². The second-order valence-electron chi connectivity index (χ2n) is 4.01. The van der Waals surface area contributed by atoms with Crippen molar-refractivity contribution in [2.24, 2.45) is 5.73 Å². The number of benzene rings is 2. The summed E-state index contributed by atoms with van der Waals surface area (Å²) in [5.74, 6) is 0. The Bertz CT molecular complexity index is 693. The summed E-state index contributed by atoms with van der Waals surface area (Å²) >= 11 is 4.96. The summed E-state index contributed by atoms with van der Waals surface area (Å²) in [7, 11) is 0. The van der Waals surface area contributed by atoms with Gasteiger partial charge in [-0.2, -0.15) is 0 Å². The van der Waals surface area contributed by atoms with Crippen molar-refractivity contribution in [1.29, 1.82) is 0 Å². The lowest BCUT2D eigenvalue weighted by molar-refractivity contribution is 0.489. The van der Waals surface area contributed by atoms with E-state index in [1.54, 1.807) is 0 Å². The number of nitrogens with two attached hydrogens (primary N) is 1. The monoisotopic (exact) mass is 334 g/mol. The zero-order valence-electron chi connectivity index (χ0n) is 9.97. The van der Waals surface area contributed by atoms with Gasteiger partial charge in [0.05, 0.1) is 0 Å². The molecular formula is C14H11BrN2OS. The van der Waals surface area contributed by atoms with Crippen LogP contribution in [0.15, 0.2) is 61.5 Å². The normalized spacial score (nSPS) is 11.1. The fourth-order valence-corrected chi connectivity index (χ4v) is 3.23. The highest BCUT2D eigenvalue weighted by atomic mass is 79.9. The summed E-state index contributed by atoms with van der Waals surface area (Å²) in [4.78, 5) is 5.51. The highest BCUT2D eigenvalue weighted by Gasteiger charge is 2.10. The topological polar surface area (TPSA) is 52.0 Å². The minimum Gasteiger partial charge on any atom is -0.431 e. The largest absolute Gasteiger partial charge is 0.431 e. The van der Waals surface area contributed by atoms with E-state index in [1.807, 2.05) is 42.5 Å². The van der Waals surface area contributed by atoms with Gasteiger partial charge in [0.15, 0.2) is 5.58 Å². The van der Waals surface area contributed by atoms with Crippen LogP contribution >= 0.6 is 27.7 Å². The lowest BCUT2D eigenvalue weighted by Crippen LogP contribution is -1.98. The number of fused-ring (bicyclic) bond motifs is 1. The van der Waals surface area contributed by atoms with Gasteiger partial charge in [0, 0.05) is 15.9 Å². The third kappa shape index (κ3) is 2.68. The lowest BCUT2D eigenvalue weighted by atomic mass is 10.2. The Morgan fingerprint density at radius 1 is 1.21 bits per heavy atom. The molecule has 0 unspecified atom stereocenters. The zero-order valence-corrected chi connectivity index (χ0v) is 12.4. The first-order valence-electron chi connectivity index (χ1n) is 5.78. The van der Waals surface area contributed by atoms with E-state index in [0.717, 1.165) is 26.0 Å². The Labute approximate surface area is 123 Å². The fourth-order valence-electron chi connectivity index (χ4n) is 1.78. The Kier molecular flexibility index (Phi) is 3.59. The van der Waals surface area contributed by atoms with E-state index in [2.05, 4.69) is 20.9 Å². The van der Waals surface area contributed by atoms with Crippen LogP contribution in [-0.4, -0.2) is 4.98 Å². The van der Waals surface area contributed by atoms with Crippen LogP contribution in [-0.2, 0) is 6.54 Å². The molecule has 3 nitrogen and oxygen atoms in total. The van der Waals surface area contributed by atoms with Crippen LogP contribution in [0, 0.1) is 0 Å². The fraction of sp³-hybridized carbons (Fsp3) is 0.0714. The average molecular weight is 335 g/mol. The van der Waals surface area contributed by atoms with Crippen molar-refractivity contribution in [1.82, 2.24) is 4.98 Å². The molecule has 0 bridgehead atoms. The van der Waals surface area contributed by atoms with Crippen LogP contribution in [0.25, 0.3) is 11.1 Å². The molecule has 5 heteroatoms. The molecule has 0 aliphatic rings. The minimum absolute atomic E-state index is 0.496. The predicted octanol–water partition coefficient (Wildman–Crippen LogP) is 4.20. The highest BCUT2D eigenvalue weighted by molar-refractivity contribution is 9.10. The van der Waals surface area contributed by atoms with E-state index >= 15 is 0 Å². The van der Waals surface area contributed by atoms with Crippen molar-refractivity contribution >= 4 is 38.8 Å². The van der Waals surface area contributed by atoms with E-state index < -0.39 is 0 Å². The number of para-hydroxylation sites is 2. The number of aromatic nitrogens is 1. The van der Waals surface area contributed by atoms with E-state index in [-0.39, 0.29) is 0 Å². The molecule has 0 saturated heterocycles. The number of rotatable bonds is 3. The third-order valence-corrected chi connectivity index (χ3v) is 4.16. The van der Waals surface area contributed by atoms with Crippen LogP contribution in [0.3, 0.4) is 0 Å². The maximum absolute atomic E-state index is 5.75. The van der Waals surface area contributed by atoms with Gasteiger partial charge in [-0.25, -0.2) is 4.98 Å². The summed E-state index contributed by atoms with van der Waals surface area (Å²) < 4.78 is 6.72. The van der Waals surface area contributed by atoms with Crippen molar-refractivity contribution in [2.45, 2.75) is 16.7 Å². The highest BCUT2D eigenvalue weighted by Crippen LogP contribution is 2.33. The lowest BCUT2D eigenvalue weighted by Gasteiger charge is -2.05. The SMILES string of the molecule is NCc1ccc(Br)cc1Sc1nc2ccccc2o1. The second kappa shape index (κ2) is 5.36. The molecule has 1 heterocycles. The molecule has 96 valence electrons. The maximum atomic E-state index is 5.75.